The lowest BCUT2D eigenvalue weighted by Gasteiger charge is -2.30. The maximum atomic E-state index is 12.4. The van der Waals surface area contributed by atoms with E-state index < -0.39 is 23.7 Å². The number of aryl methyl sites for hydroxylation is 4. The van der Waals surface area contributed by atoms with Crippen molar-refractivity contribution in [1.29, 1.82) is 0 Å². The summed E-state index contributed by atoms with van der Waals surface area (Å²) in [5, 5.41) is 49.6. The number of fused-ring (bicyclic) bond motifs is 8. The van der Waals surface area contributed by atoms with Gasteiger partial charge in [-0.15, -0.1) is 0 Å². The highest BCUT2D eigenvalue weighted by Crippen LogP contribution is 2.53. The van der Waals surface area contributed by atoms with Crippen LogP contribution in [0.5, 0.6) is 46.0 Å². The molecule has 8 aromatic carbocycles. The first kappa shape index (κ1) is 49.2. The minimum Gasteiger partial charge on any atom is -0.508 e. The number of aromatic hydroxyl groups is 4. The molecule has 8 aromatic rings. The second-order valence-electron chi connectivity index (χ2n) is 18.9. The highest BCUT2D eigenvalue weighted by molar-refractivity contribution is 5.63. The number of rotatable bonds is 16. The molecule has 8 heteroatoms. The first-order valence-corrected chi connectivity index (χ1v) is 25.0. The largest absolute Gasteiger partial charge is 0.508 e. The van der Waals surface area contributed by atoms with Gasteiger partial charge in [-0.25, -0.2) is 0 Å². The quantitative estimate of drug-likeness (QED) is 0.0756. The van der Waals surface area contributed by atoms with Gasteiger partial charge in [0.1, 0.15) is 46.0 Å². The lowest BCUT2D eigenvalue weighted by atomic mass is 9.76. The van der Waals surface area contributed by atoms with Crippen molar-refractivity contribution in [3.8, 4) is 46.0 Å². The number of ether oxygens (including phenoxy) is 4. The molecule has 1 aliphatic carbocycles. The van der Waals surface area contributed by atoms with Crippen molar-refractivity contribution >= 4 is 0 Å². The van der Waals surface area contributed by atoms with E-state index >= 15 is 0 Å². The summed E-state index contributed by atoms with van der Waals surface area (Å²) in [6.45, 7) is 0. The van der Waals surface area contributed by atoms with Gasteiger partial charge in [-0.3, -0.25) is 0 Å². The highest BCUT2D eigenvalue weighted by Gasteiger charge is 2.34. The third-order valence-electron chi connectivity index (χ3n) is 14.8. The zero-order chi connectivity index (χ0) is 50.1. The molecule has 0 heterocycles. The monoisotopic (exact) mass is 960 g/mol. The molecule has 0 saturated carbocycles. The Hall–Kier alpha value is -7.84. The minimum atomic E-state index is -0.457. The Morgan fingerprint density at radius 3 is 0.653 bits per heavy atom. The molecule has 9 rings (SSSR count). The van der Waals surface area contributed by atoms with Crippen molar-refractivity contribution in [1.82, 2.24) is 0 Å². The Morgan fingerprint density at radius 2 is 0.472 bits per heavy atom. The summed E-state index contributed by atoms with van der Waals surface area (Å²) < 4.78 is 24.8. The van der Waals surface area contributed by atoms with Crippen LogP contribution in [-0.2, 0) is 25.7 Å². The van der Waals surface area contributed by atoms with Crippen LogP contribution in [0, 0.1) is 0 Å². The van der Waals surface area contributed by atoms with Gasteiger partial charge in [0.15, 0.2) is 0 Å². The van der Waals surface area contributed by atoms with Crippen LogP contribution < -0.4 is 18.9 Å². The topological polar surface area (TPSA) is 118 Å². The van der Waals surface area contributed by atoms with E-state index in [2.05, 4.69) is 72.8 Å². The lowest BCUT2D eigenvalue weighted by molar-refractivity contribution is 0.388. The van der Waals surface area contributed by atoms with E-state index in [0.717, 1.165) is 44.5 Å². The summed E-state index contributed by atoms with van der Waals surface area (Å²) in [5.74, 6) is 0.304. The molecule has 0 aromatic heterocycles. The van der Waals surface area contributed by atoms with Crippen molar-refractivity contribution in [3.63, 3.8) is 0 Å². The SMILES string of the molecule is COc1cc(O)c2cc1[C@@H](CCc1ccccc1)c1cc(c(OC)cc1O)[C@@H](CCc1ccccc1)c1cc(c(OC)cc1O)[C@@H](CCc1ccccc1)c1cc(c(OC)cc1O)[C@H]2CCc1ccccc1. The second kappa shape index (κ2) is 22.5. The molecule has 368 valence electrons. The van der Waals surface area contributed by atoms with Crippen LogP contribution in [0.3, 0.4) is 0 Å². The minimum absolute atomic E-state index is 0.0550. The second-order valence-corrected chi connectivity index (χ2v) is 18.9. The number of phenolic OH excluding ortho intramolecular Hbond substituents is 4. The number of hydrogen-bond acceptors (Lipinski definition) is 8. The van der Waals surface area contributed by atoms with Crippen LogP contribution in [0.4, 0.5) is 0 Å². The van der Waals surface area contributed by atoms with Crippen LogP contribution in [0.1, 0.15) is 116 Å². The maximum absolute atomic E-state index is 12.4. The number of benzene rings is 8. The first-order chi connectivity index (χ1) is 35.2. The van der Waals surface area contributed by atoms with Gasteiger partial charge >= 0.3 is 0 Å². The zero-order valence-corrected chi connectivity index (χ0v) is 41.6. The van der Waals surface area contributed by atoms with Crippen molar-refractivity contribution in [2.24, 2.45) is 0 Å². The molecule has 4 N–H and O–H groups in total. The molecule has 8 nitrogen and oxygen atoms in total. The Morgan fingerprint density at radius 1 is 0.278 bits per heavy atom. The normalized spacial score (nSPS) is 16.2. The average molecular weight is 961 g/mol. The van der Waals surface area contributed by atoms with Crippen LogP contribution in [0.25, 0.3) is 0 Å². The molecule has 8 bridgehead atoms. The van der Waals surface area contributed by atoms with Crippen LogP contribution in [-0.4, -0.2) is 48.9 Å². The fourth-order valence-corrected chi connectivity index (χ4v) is 11.1. The van der Waals surface area contributed by atoms with Gasteiger partial charge in [0, 0.05) is 92.4 Å². The van der Waals surface area contributed by atoms with Crippen LogP contribution >= 0.6 is 0 Å². The van der Waals surface area contributed by atoms with Gasteiger partial charge in [-0.05, 0) is 97.9 Å². The molecular formula is C64H64O8. The Bertz CT molecular complexity index is 2660. The molecule has 4 atom stereocenters. The number of hydrogen-bond donors (Lipinski definition) is 4. The molecule has 0 amide bonds. The van der Waals surface area contributed by atoms with Gasteiger partial charge in [0.05, 0.1) is 28.4 Å². The predicted octanol–water partition coefficient (Wildman–Crippen LogP) is 13.9. The van der Waals surface area contributed by atoms with Gasteiger partial charge in [0.2, 0.25) is 0 Å². The van der Waals surface area contributed by atoms with E-state index in [9.17, 15) is 20.4 Å². The van der Waals surface area contributed by atoms with Crippen molar-refractivity contribution in [2.45, 2.75) is 75.0 Å². The van der Waals surface area contributed by atoms with E-state index in [4.69, 9.17) is 18.9 Å². The van der Waals surface area contributed by atoms with Crippen molar-refractivity contribution in [3.05, 3.63) is 237 Å². The van der Waals surface area contributed by atoms with E-state index in [0.29, 0.717) is 96.6 Å². The number of methoxy groups -OCH3 is 4. The number of phenols is 4. The summed E-state index contributed by atoms with van der Waals surface area (Å²) in [7, 11) is 6.44. The third-order valence-corrected chi connectivity index (χ3v) is 14.8. The van der Waals surface area contributed by atoms with Gasteiger partial charge in [0.25, 0.3) is 0 Å². The van der Waals surface area contributed by atoms with Gasteiger partial charge in [-0.1, -0.05) is 121 Å². The molecule has 0 unspecified atom stereocenters. The van der Waals surface area contributed by atoms with Crippen molar-refractivity contribution < 1.29 is 39.4 Å². The fraction of sp³-hybridized carbons (Fsp3) is 0.250. The molecule has 0 radical (unpaired) electrons. The van der Waals surface area contributed by atoms with Gasteiger partial charge in [-0.2, -0.15) is 0 Å². The summed E-state index contributed by atoms with van der Waals surface area (Å²) >= 11 is 0. The fourth-order valence-electron chi connectivity index (χ4n) is 11.1. The standard InChI is InChI=1S/C64H64O8/c1-69-61-37-57(65)49-33-53(61)45(29-25-41-17-9-5-10-18-41)50-34-54(62(70-2)38-58(50)66)47(31-27-43-21-13-7-14-22-43)52-36-56(64(72-4)40-60(52)68)48(32-28-44-23-15-8-16-24-44)51-35-55(63(71-3)39-59(51)67)46(49)30-26-42-19-11-6-12-20-42/h5-24,33-40,45-48,65-68H,25-32H2,1-4H3/t45-,46-,47-,48-/m0/s1. The zero-order valence-electron chi connectivity index (χ0n) is 41.6. The van der Waals surface area contributed by atoms with E-state index in [1.807, 2.05) is 72.8 Å². The van der Waals surface area contributed by atoms with Crippen molar-refractivity contribution in [2.75, 3.05) is 28.4 Å². The molecule has 1 aliphatic rings. The first-order valence-electron chi connectivity index (χ1n) is 25.0. The van der Waals surface area contributed by atoms with Crippen LogP contribution in [0.2, 0.25) is 0 Å². The summed E-state index contributed by atoms with van der Waals surface area (Å²) in [6, 6.07) is 56.2. The molecule has 0 fully saturated rings. The summed E-state index contributed by atoms with van der Waals surface area (Å²) in [5.41, 5.74) is 10.3. The Kier molecular flexibility index (Phi) is 15.4. The summed E-state index contributed by atoms with van der Waals surface area (Å²) in [6.07, 6.45) is 4.96. The Labute approximate surface area is 423 Å². The van der Waals surface area contributed by atoms with E-state index in [1.165, 1.54) is 0 Å². The summed E-state index contributed by atoms with van der Waals surface area (Å²) in [4.78, 5) is 0. The molecule has 0 aliphatic heterocycles. The predicted molar refractivity (Wildman–Crippen MR) is 285 cm³/mol. The Balaban J connectivity index is 1.37. The lowest BCUT2D eigenvalue weighted by Crippen LogP contribution is -2.14. The molecule has 72 heavy (non-hydrogen) atoms. The smallest absolute Gasteiger partial charge is 0.126 e. The average Bonchev–Trinajstić information content (AvgIpc) is 3.41. The van der Waals surface area contributed by atoms with Gasteiger partial charge < -0.3 is 39.4 Å². The molecule has 0 saturated heterocycles. The van der Waals surface area contributed by atoms with Crippen LogP contribution in [0.15, 0.2) is 170 Å². The molecular weight excluding hydrogens is 897 g/mol. The van der Waals surface area contributed by atoms with E-state index in [-0.39, 0.29) is 23.0 Å². The third kappa shape index (κ3) is 10.6. The highest BCUT2D eigenvalue weighted by atomic mass is 16.5. The van der Waals surface area contributed by atoms with E-state index in [1.54, 1.807) is 52.7 Å². The molecule has 0 spiro atoms. The maximum Gasteiger partial charge on any atom is 0.126 e.